The molecule has 222 valence electrons. The number of carbonyl (C=O) groups is 3. The molecule has 4 aromatic rings. The average Bonchev–Trinajstić information content (AvgIpc) is 3.70. The Balaban J connectivity index is 1.61. The van der Waals surface area contributed by atoms with E-state index in [9.17, 15) is 14.4 Å². The third-order valence-corrected chi connectivity index (χ3v) is 8.88. The van der Waals surface area contributed by atoms with Gasteiger partial charge in [-0.25, -0.2) is 0 Å². The summed E-state index contributed by atoms with van der Waals surface area (Å²) in [6.07, 6.45) is 0. The number of nitrogens with zero attached hydrogens (tertiary/aromatic N) is 1. The number of Topliss-reactive ketones (excluding diaryl/α,β-unsaturated/α-hetero) is 1. The summed E-state index contributed by atoms with van der Waals surface area (Å²) < 4.78 is 15.9. The fourth-order valence-electron chi connectivity index (χ4n) is 5.87. The number of ketones is 1. The lowest BCUT2D eigenvalue weighted by Crippen LogP contribution is -2.47. The van der Waals surface area contributed by atoms with E-state index in [1.54, 1.807) is 50.5 Å². The van der Waals surface area contributed by atoms with Crippen LogP contribution in [0.2, 0.25) is 0 Å². The molecule has 3 aromatic carbocycles. The van der Waals surface area contributed by atoms with E-state index < -0.39 is 23.9 Å². The Morgan fingerprint density at radius 2 is 1.35 bits per heavy atom. The van der Waals surface area contributed by atoms with Crippen molar-refractivity contribution in [1.82, 2.24) is 10.2 Å². The Morgan fingerprint density at radius 1 is 0.791 bits per heavy atom. The van der Waals surface area contributed by atoms with Crippen LogP contribution in [0.25, 0.3) is 0 Å². The largest absolute Gasteiger partial charge is 0.497 e. The predicted molar refractivity (Wildman–Crippen MR) is 165 cm³/mol. The van der Waals surface area contributed by atoms with E-state index in [0.29, 0.717) is 22.8 Å². The Bertz CT molecular complexity index is 1550. The van der Waals surface area contributed by atoms with Gasteiger partial charge < -0.3 is 24.4 Å². The summed E-state index contributed by atoms with van der Waals surface area (Å²) in [7, 11) is 4.75. The molecule has 4 unspecified atom stereocenters. The first-order chi connectivity index (χ1) is 20.9. The highest BCUT2D eigenvalue weighted by atomic mass is 32.1. The molecule has 1 aromatic heterocycles. The van der Waals surface area contributed by atoms with Gasteiger partial charge in [0, 0.05) is 29.8 Å². The maximum absolute atomic E-state index is 14.5. The van der Waals surface area contributed by atoms with Gasteiger partial charge in [-0.15, -0.1) is 11.3 Å². The maximum Gasteiger partial charge on any atom is 0.243 e. The highest BCUT2D eigenvalue weighted by Crippen LogP contribution is 2.52. The van der Waals surface area contributed by atoms with Gasteiger partial charge in [-0.3, -0.25) is 14.4 Å². The van der Waals surface area contributed by atoms with Gasteiger partial charge in [-0.1, -0.05) is 30.3 Å². The zero-order valence-corrected chi connectivity index (χ0v) is 25.3. The number of amides is 2. The van der Waals surface area contributed by atoms with E-state index >= 15 is 0 Å². The minimum atomic E-state index is -0.941. The number of carbonyl (C=O) groups excluding carboxylic acids is 3. The van der Waals surface area contributed by atoms with Gasteiger partial charge in [0.2, 0.25) is 11.8 Å². The summed E-state index contributed by atoms with van der Waals surface area (Å²) in [6, 6.07) is 24.0. The fourth-order valence-corrected chi connectivity index (χ4v) is 6.74. The first-order valence-corrected chi connectivity index (χ1v) is 14.8. The van der Waals surface area contributed by atoms with Gasteiger partial charge in [-0.2, -0.15) is 0 Å². The predicted octanol–water partition coefficient (Wildman–Crippen LogP) is 5.65. The molecule has 4 atom stereocenters. The molecular weight excluding hydrogens is 564 g/mol. The van der Waals surface area contributed by atoms with Gasteiger partial charge in [0.05, 0.1) is 33.3 Å². The SMILES string of the molecule is COc1ccc(CNC(=O)C2C(c3ccc(OC)cc3)C(C(=O)c3ccc(OC)cc3)C(c3cccs3)N2C(C)=O)cc1. The van der Waals surface area contributed by atoms with Crippen molar-refractivity contribution in [3.05, 3.63) is 112 Å². The molecule has 0 spiro atoms. The van der Waals surface area contributed by atoms with E-state index in [4.69, 9.17) is 14.2 Å². The molecule has 0 radical (unpaired) electrons. The Hall–Kier alpha value is -4.63. The molecular formula is C34H34N2O6S. The monoisotopic (exact) mass is 598 g/mol. The maximum atomic E-state index is 14.5. The summed E-state index contributed by atoms with van der Waals surface area (Å²) in [4.78, 5) is 44.6. The van der Waals surface area contributed by atoms with Crippen LogP contribution in [-0.4, -0.2) is 49.9 Å². The number of ether oxygens (including phenoxy) is 3. The second-order valence-electron chi connectivity index (χ2n) is 10.3. The molecule has 1 saturated heterocycles. The van der Waals surface area contributed by atoms with Crippen molar-refractivity contribution in [1.29, 1.82) is 0 Å². The van der Waals surface area contributed by atoms with Crippen molar-refractivity contribution >= 4 is 28.9 Å². The quantitative estimate of drug-likeness (QED) is 0.237. The van der Waals surface area contributed by atoms with E-state index in [0.717, 1.165) is 16.0 Å². The molecule has 1 N–H and O–H groups in total. The Labute approximate surface area is 255 Å². The minimum Gasteiger partial charge on any atom is -0.497 e. The van der Waals surface area contributed by atoms with Crippen molar-refractivity contribution in [2.45, 2.75) is 31.5 Å². The first kappa shape index (κ1) is 29.8. The molecule has 2 amide bonds. The van der Waals surface area contributed by atoms with E-state index in [2.05, 4.69) is 5.32 Å². The molecule has 0 aliphatic carbocycles. The average molecular weight is 599 g/mol. The number of benzene rings is 3. The number of methoxy groups -OCH3 is 3. The fraction of sp³-hybridized carbons (Fsp3) is 0.265. The molecule has 5 rings (SSSR count). The number of nitrogens with one attached hydrogen (secondary N) is 1. The molecule has 43 heavy (non-hydrogen) atoms. The van der Waals surface area contributed by atoms with Crippen LogP contribution < -0.4 is 19.5 Å². The van der Waals surface area contributed by atoms with Crippen LogP contribution in [0.1, 0.15) is 45.2 Å². The number of rotatable bonds is 10. The summed E-state index contributed by atoms with van der Waals surface area (Å²) in [5.74, 6) is -0.145. The van der Waals surface area contributed by atoms with Crippen LogP contribution in [0, 0.1) is 5.92 Å². The molecule has 8 nitrogen and oxygen atoms in total. The second-order valence-corrected chi connectivity index (χ2v) is 11.3. The van der Waals surface area contributed by atoms with Gasteiger partial charge in [0.1, 0.15) is 23.3 Å². The zero-order valence-electron chi connectivity index (χ0n) is 24.5. The lowest BCUT2D eigenvalue weighted by Gasteiger charge is -2.30. The highest BCUT2D eigenvalue weighted by molar-refractivity contribution is 7.10. The molecule has 0 saturated carbocycles. The summed E-state index contributed by atoms with van der Waals surface area (Å²) in [5, 5.41) is 4.96. The topological polar surface area (TPSA) is 94.2 Å². The van der Waals surface area contributed by atoms with Crippen LogP contribution >= 0.6 is 11.3 Å². The van der Waals surface area contributed by atoms with Crippen LogP contribution in [0.4, 0.5) is 0 Å². The highest BCUT2D eigenvalue weighted by Gasteiger charge is 2.57. The van der Waals surface area contributed by atoms with Crippen molar-refractivity contribution < 1.29 is 28.6 Å². The molecule has 2 heterocycles. The molecule has 0 bridgehead atoms. The van der Waals surface area contributed by atoms with Gasteiger partial charge in [0.15, 0.2) is 5.78 Å². The van der Waals surface area contributed by atoms with Gasteiger partial charge in [-0.05, 0) is 71.1 Å². The lowest BCUT2D eigenvalue weighted by atomic mass is 9.77. The van der Waals surface area contributed by atoms with Crippen molar-refractivity contribution in [2.24, 2.45) is 5.92 Å². The van der Waals surface area contributed by atoms with E-state index in [1.165, 1.54) is 18.3 Å². The molecule has 9 heteroatoms. The molecule has 1 aliphatic heterocycles. The zero-order chi connectivity index (χ0) is 30.5. The Morgan fingerprint density at radius 3 is 1.86 bits per heavy atom. The summed E-state index contributed by atoms with van der Waals surface area (Å²) in [5.41, 5.74) is 2.12. The molecule has 1 aliphatic rings. The lowest BCUT2D eigenvalue weighted by molar-refractivity contribution is -0.139. The normalized spacial score (nSPS) is 19.5. The van der Waals surface area contributed by atoms with Crippen LogP contribution in [0.5, 0.6) is 17.2 Å². The van der Waals surface area contributed by atoms with Crippen molar-refractivity contribution in [3.8, 4) is 17.2 Å². The smallest absolute Gasteiger partial charge is 0.243 e. The van der Waals surface area contributed by atoms with Crippen molar-refractivity contribution in [2.75, 3.05) is 21.3 Å². The number of likely N-dealkylation sites (tertiary alicyclic amines) is 1. The standard InChI is InChI=1S/C34H34N2O6S/c1-21(37)36-31(28-6-5-19-43-28)30(33(38)24-11-17-27(42-4)18-12-24)29(23-9-15-26(41-3)16-10-23)32(36)34(39)35-20-22-7-13-25(40-2)14-8-22/h5-19,29-32H,20H2,1-4H3,(H,35,39). The summed E-state index contributed by atoms with van der Waals surface area (Å²) in [6.45, 7) is 1.71. The minimum absolute atomic E-state index is 0.154. The van der Waals surface area contributed by atoms with Crippen LogP contribution in [0.3, 0.4) is 0 Å². The van der Waals surface area contributed by atoms with E-state index in [-0.39, 0.29) is 24.1 Å². The summed E-state index contributed by atoms with van der Waals surface area (Å²) >= 11 is 1.46. The third kappa shape index (κ3) is 6.12. The van der Waals surface area contributed by atoms with E-state index in [1.807, 2.05) is 66.0 Å². The first-order valence-electron chi connectivity index (χ1n) is 13.9. The number of thiophene rings is 1. The van der Waals surface area contributed by atoms with Crippen LogP contribution in [0.15, 0.2) is 90.3 Å². The number of hydrogen-bond acceptors (Lipinski definition) is 7. The third-order valence-electron chi connectivity index (χ3n) is 7.94. The Kier molecular flexibility index (Phi) is 9.11. The number of hydrogen-bond donors (Lipinski definition) is 1. The molecule has 1 fully saturated rings. The van der Waals surface area contributed by atoms with Crippen LogP contribution in [-0.2, 0) is 16.1 Å². The van der Waals surface area contributed by atoms with Gasteiger partial charge in [0.25, 0.3) is 0 Å². The second kappa shape index (κ2) is 13.1. The van der Waals surface area contributed by atoms with Crippen molar-refractivity contribution in [3.63, 3.8) is 0 Å². The van der Waals surface area contributed by atoms with Gasteiger partial charge >= 0.3 is 0 Å².